The van der Waals surface area contributed by atoms with Crippen LogP contribution in [0.5, 0.6) is 5.75 Å². The molecule has 0 aliphatic heterocycles. The zero-order valence-corrected chi connectivity index (χ0v) is 9.39. The minimum atomic E-state index is 0.315. The molecule has 0 saturated carbocycles. The SMILES string of the molecule is COc1ccc(C=N/N=C(/N)[Se])cc1. The molecule has 2 N–H and O–H groups in total. The van der Waals surface area contributed by atoms with Crippen molar-refractivity contribution in [2.45, 2.75) is 0 Å². The topological polar surface area (TPSA) is 60.0 Å². The summed E-state index contributed by atoms with van der Waals surface area (Å²) in [5.41, 5.74) is 6.20. The van der Waals surface area contributed by atoms with Gasteiger partial charge < -0.3 is 0 Å². The fourth-order valence-electron chi connectivity index (χ4n) is 0.842. The average molecular weight is 255 g/mol. The predicted molar refractivity (Wildman–Crippen MR) is 58.0 cm³/mol. The van der Waals surface area contributed by atoms with E-state index in [4.69, 9.17) is 10.5 Å². The molecule has 5 heteroatoms. The number of amidine groups is 1. The van der Waals surface area contributed by atoms with Crippen molar-refractivity contribution in [3.05, 3.63) is 29.8 Å². The van der Waals surface area contributed by atoms with Gasteiger partial charge in [0.1, 0.15) is 0 Å². The van der Waals surface area contributed by atoms with Gasteiger partial charge in [0.25, 0.3) is 0 Å². The molecule has 1 radical (unpaired) electrons. The summed E-state index contributed by atoms with van der Waals surface area (Å²) in [5, 5.41) is 7.40. The molecule has 0 aliphatic carbocycles. The quantitative estimate of drug-likeness (QED) is 0.370. The third-order valence-corrected chi connectivity index (χ3v) is 1.65. The van der Waals surface area contributed by atoms with Gasteiger partial charge >= 0.3 is 90.3 Å². The number of rotatable bonds is 3. The van der Waals surface area contributed by atoms with Crippen LogP contribution in [0.15, 0.2) is 34.5 Å². The van der Waals surface area contributed by atoms with Crippen LogP contribution >= 0.6 is 0 Å². The van der Waals surface area contributed by atoms with E-state index in [1.807, 2.05) is 24.3 Å². The van der Waals surface area contributed by atoms with Gasteiger partial charge in [0.15, 0.2) is 0 Å². The first kappa shape index (κ1) is 10.8. The monoisotopic (exact) mass is 256 g/mol. The summed E-state index contributed by atoms with van der Waals surface area (Å²) >= 11 is 2.54. The molecule has 0 amide bonds. The average Bonchev–Trinajstić information content (AvgIpc) is 2.18. The minimum absolute atomic E-state index is 0.315. The van der Waals surface area contributed by atoms with Crippen molar-refractivity contribution in [1.29, 1.82) is 0 Å². The standard InChI is InChI=1S/C9H10N3OSe/c1-13-8-4-2-7(3-5-8)6-11-12-9(10)14/h2-6H,1H3,(H2,10,12). The summed E-state index contributed by atoms with van der Waals surface area (Å²) in [7, 11) is 1.63. The fourth-order valence-corrected chi connectivity index (χ4v) is 0.941. The molecule has 1 rings (SSSR count). The van der Waals surface area contributed by atoms with E-state index >= 15 is 0 Å². The van der Waals surface area contributed by atoms with E-state index in [1.165, 1.54) is 0 Å². The Morgan fingerprint density at radius 3 is 2.57 bits per heavy atom. The molecule has 73 valence electrons. The van der Waals surface area contributed by atoms with E-state index in [1.54, 1.807) is 13.3 Å². The van der Waals surface area contributed by atoms with Crippen LogP contribution in [-0.2, 0) is 0 Å². The van der Waals surface area contributed by atoms with Gasteiger partial charge in [-0.2, -0.15) is 0 Å². The van der Waals surface area contributed by atoms with Crippen molar-refractivity contribution >= 4 is 27.0 Å². The maximum absolute atomic E-state index is 5.26. The van der Waals surface area contributed by atoms with Crippen molar-refractivity contribution in [2.24, 2.45) is 15.9 Å². The molecule has 0 unspecified atom stereocenters. The van der Waals surface area contributed by atoms with Crippen LogP contribution in [-0.4, -0.2) is 34.1 Å². The number of benzene rings is 1. The summed E-state index contributed by atoms with van der Waals surface area (Å²) in [4.78, 5) is 0. The number of hydrogen-bond donors (Lipinski definition) is 1. The van der Waals surface area contributed by atoms with Gasteiger partial charge in [-0.25, -0.2) is 0 Å². The van der Waals surface area contributed by atoms with Crippen molar-refractivity contribution in [2.75, 3.05) is 7.11 Å². The van der Waals surface area contributed by atoms with Crippen molar-refractivity contribution < 1.29 is 4.74 Å². The molecule has 0 atom stereocenters. The van der Waals surface area contributed by atoms with Crippen LogP contribution in [0.1, 0.15) is 5.56 Å². The van der Waals surface area contributed by atoms with Crippen LogP contribution in [0.25, 0.3) is 0 Å². The second-order valence-electron chi connectivity index (χ2n) is 2.46. The number of nitrogens with zero attached hydrogens (tertiary/aromatic N) is 2. The van der Waals surface area contributed by atoms with Crippen LogP contribution in [0, 0.1) is 0 Å². The third kappa shape index (κ3) is 3.60. The first-order valence-electron chi connectivity index (χ1n) is 3.90. The number of hydrogen-bond acceptors (Lipinski definition) is 3. The molecule has 0 bridgehead atoms. The van der Waals surface area contributed by atoms with Crippen molar-refractivity contribution in [1.82, 2.24) is 0 Å². The van der Waals surface area contributed by atoms with Crippen LogP contribution in [0.2, 0.25) is 0 Å². The molecule has 14 heavy (non-hydrogen) atoms. The summed E-state index contributed by atoms with van der Waals surface area (Å²) in [5.74, 6) is 0.814. The van der Waals surface area contributed by atoms with Crippen LogP contribution in [0.3, 0.4) is 0 Å². The van der Waals surface area contributed by atoms with Gasteiger partial charge in [0.05, 0.1) is 0 Å². The van der Waals surface area contributed by atoms with Crippen molar-refractivity contribution in [3.63, 3.8) is 0 Å². The first-order chi connectivity index (χ1) is 6.72. The van der Waals surface area contributed by atoms with E-state index in [0.717, 1.165) is 11.3 Å². The van der Waals surface area contributed by atoms with E-state index in [0.29, 0.717) is 4.73 Å². The Hall–Kier alpha value is -1.32. The van der Waals surface area contributed by atoms with Gasteiger partial charge in [-0.1, -0.05) is 0 Å². The predicted octanol–water partition coefficient (Wildman–Crippen LogP) is 0.512. The molecule has 0 aliphatic rings. The van der Waals surface area contributed by atoms with Gasteiger partial charge in [0, 0.05) is 0 Å². The van der Waals surface area contributed by atoms with E-state index < -0.39 is 0 Å². The Labute approximate surface area is 90.7 Å². The zero-order chi connectivity index (χ0) is 10.4. The summed E-state index contributed by atoms with van der Waals surface area (Å²) < 4.78 is 5.33. The summed E-state index contributed by atoms with van der Waals surface area (Å²) in [6.45, 7) is 0. The number of methoxy groups -OCH3 is 1. The molecule has 0 fully saturated rings. The second-order valence-corrected chi connectivity index (χ2v) is 3.33. The van der Waals surface area contributed by atoms with E-state index in [9.17, 15) is 0 Å². The van der Waals surface area contributed by atoms with Gasteiger partial charge in [-0.15, -0.1) is 0 Å². The second kappa shape index (κ2) is 5.42. The first-order valence-corrected chi connectivity index (χ1v) is 4.75. The normalized spacial score (nSPS) is 11.9. The Bertz CT molecular complexity index is 342. The molecule has 1 aromatic carbocycles. The van der Waals surface area contributed by atoms with Gasteiger partial charge in [0.2, 0.25) is 0 Å². The maximum atomic E-state index is 5.26. The Morgan fingerprint density at radius 1 is 1.43 bits per heavy atom. The van der Waals surface area contributed by atoms with Crippen LogP contribution in [0.4, 0.5) is 0 Å². The number of ether oxygens (including phenoxy) is 1. The van der Waals surface area contributed by atoms with Crippen LogP contribution < -0.4 is 10.5 Å². The molecule has 0 saturated heterocycles. The van der Waals surface area contributed by atoms with E-state index in [-0.39, 0.29) is 0 Å². The zero-order valence-electron chi connectivity index (χ0n) is 7.68. The third-order valence-electron chi connectivity index (χ3n) is 1.48. The Morgan fingerprint density at radius 2 is 2.07 bits per heavy atom. The number of nitrogens with two attached hydrogens (primary N) is 1. The van der Waals surface area contributed by atoms with E-state index in [2.05, 4.69) is 26.2 Å². The summed E-state index contributed by atoms with van der Waals surface area (Å²) in [6, 6.07) is 7.47. The molecule has 1 aromatic rings. The molecule has 0 spiro atoms. The van der Waals surface area contributed by atoms with Gasteiger partial charge in [-0.3, -0.25) is 0 Å². The van der Waals surface area contributed by atoms with Crippen molar-refractivity contribution in [3.8, 4) is 5.75 Å². The van der Waals surface area contributed by atoms with Gasteiger partial charge in [-0.05, 0) is 0 Å². The summed E-state index contributed by atoms with van der Waals surface area (Å²) in [6.07, 6.45) is 1.61. The molecule has 0 aromatic heterocycles. The molecule has 4 nitrogen and oxygen atoms in total. The molecular formula is C9H10N3OSe. The molecular weight excluding hydrogens is 245 g/mol. The molecule has 0 heterocycles. The Balaban J connectivity index is 2.69. The Kier molecular flexibility index (Phi) is 4.16. The fraction of sp³-hybridized carbons (Fsp3) is 0.111.